The third kappa shape index (κ3) is 3.45. The van der Waals surface area contributed by atoms with Gasteiger partial charge >= 0.3 is 6.18 Å². The minimum absolute atomic E-state index is 0.0197. The largest absolute Gasteiger partial charge is 0.432 e. The van der Waals surface area contributed by atoms with E-state index >= 15 is 0 Å². The van der Waals surface area contributed by atoms with Crippen molar-refractivity contribution >= 4 is 0 Å². The maximum atomic E-state index is 12.7. The van der Waals surface area contributed by atoms with E-state index in [4.69, 9.17) is 0 Å². The molecule has 0 bridgehead atoms. The van der Waals surface area contributed by atoms with E-state index in [-0.39, 0.29) is 5.92 Å². The molecule has 24 heavy (non-hydrogen) atoms. The molecular weight excluding hydrogens is 321 g/mol. The van der Waals surface area contributed by atoms with Crippen LogP contribution in [0, 0.1) is 0 Å². The maximum absolute atomic E-state index is 12.7. The quantitative estimate of drug-likeness (QED) is 0.927. The number of rotatable bonds is 4. The predicted octanol–water partition coefficient (Wildman–Crippen LogP) is 2.50. The number of alkyl halides is 3. The lowest BCUT2D eigenvalue weighted by atomic mass is 9.97. The van der Waals surface area contributed by atoms with Crippen LogP contribution in [-0.2, 0) is 26.2 Å². The van der Waals surface area contributed by atoms with Crippen molar-refractivity contribution in [3.8, 4) is 0 Å². The van der Waals surface area contributed by atoms with E-state index in [1.165, 1.54) is 0 Å². The van der Waals surface area contributed by atoms with Crippen molar-refractivity contribution in [3.05, 3.63) is 29.4 Å². The van der Waals surface area contributed by atoms with Gasteiger partial charge in [0.25, 0.3) is 0 Å². The first-order chi connectivity index (χ1) is 11.4. The average Bonchev–Trinajstić information content (AvgIpc) is 3.16. The normalized spacial score (nSPS) is 19.8. The fourth-order valence-electron chi connectivity index (χ4n) is 3.15. The summed E-state index contributed by atoms with van der Waals surface area (Å²) in [6.45, 7) is 4.24. The molecule has 1 aliphatic heterocycles. The van der Waals surface area contributed by atoms with Crippen LogP contribution in [0.15, 0.2) is 6.20 Å². The minimum atomic E-state index is -4.38. The summed E-state index contributed by atoms with van der Waals surface area (Å²) < 4.78 is 40.1. The zero-order valence-corrected chi connectivity index (χ0v) is 13.8. The lowest BCUT2D eigenvalue weighted by Gasteiger charge is -2.31. The van der Waals surface area contributed by atoms with Gasteiger partial charge in [0.2, 0.25) is 0 Å². The molecule has 6 nitrogen and oxygen atoms in total. The monoisotopic (exact) mass is 342 g/mol. The van der Waals surface area contributed by atoms with Crippen LogP contribution in [0.5, 0.6) is 0 Å². The number of hydrogen-bond donors (Lipinski definition) is 1. The van der Waals surface area contributed by atoms with Crippen LogP contribution in [0.25, 0.3) is 0 Å². The number of aromatic nitrogens is 5. The highest BCUT2D eigenvalue weighted by Gasteiger charge is 2.34. The number of nitrogens with one attached hydrogen (secondary N) is 1. The van der Waals surface area contributed by atoms with Crippen molar-refractivity contribution < 1.29 is 13.2 Å². The van der Waals surface area contributed by atoms with Crippen molar-refractivity contribution in [2.45, 2.75) is 44.8 Å². The van der Waals surface area contributed by atoms with E-state index in [1.807, 2.05) is 18.5 Å². The zero-order valence-electron chi connectivity index (χ0n) is 13.8. The first-order valence-corrected chi connectivity index (χ1v) is 8.10. The lowest BCUT2D eigenvalue weighted by molar-refractivity contribution is -0.141. The van der Waals surface area contributed by atoms with Crippen LogP contribution >= 0.6 is 0 Å². The number of halogens is 3. The summed E-state index contributed by atoms with van der Waals surface area (Å²) >= 11 is 0. The van der Waals surface area contributed by atoms with Gasteiger partial charge in [0, 0.05) is 25.9 Å². The SMILES string of the molecule is CCc1nnc(CN2CCC[C@@H](c3ncc(C(F)(F)F)[nH]3)C2)n1C. The number of aromatic amines is 1. The van der Waals surface area contributed by atoms with Crippen molar-refractivity contribution in [2.24, 2.45) is 7.05 Å². The molecule has 0 spiro atoms. The summed E-state index contributed by atoms with van der Waals surface area (Å²) in [5, 5.41) is 8.36. The standard InChI is InChI=1S/C15H21F3N6/c1-3-12-21-22-13(23(12)2)9-24-6-4-5-10(8-24)14-19-7-11(20-14)15(16,17)18/h7,10H,3-6,8-9H2,1-2H3,(H,19,20)/t10-/m1/s1. The Bertz CT molecular complexity index is 690. The summed E-state index contributed by atoms with van der Waals surface area (Å²) in [6.07, 6.45) is -0.927. The topological polar surface area (TPSA) is 62.6 Å². The van der Waals surface area contributed by atoms with Crippen LogP contribution in [0.1, 0.15) is 48.9 Å². The molecule has 3 rings (SSSR count). The summed E-state index contributed by atoms with van der Waals surface area (Å²) in [6, 6.07) is 0. The second kappa shape index (κ2) is 6.54. The Morgan fingerprint density at radius 3 is 2.67 bits per heavy atom. The molecule has 1 aliphatic rings. The second-order valence-electron chi connectivity index (χ2n) is 6.20. The van der Waals surface area contributed by atoms with Gasteiger partial charge in [0.05, 0.1) is 12.7 Å². The highest BCUT2D eigenvalue weighted by molar-refractivity contribution is 5.10. The Kier molecular flexibility index (Phi) is 4.62. The summed E-state index contributed by atoms with van der Waals surface area (Å²) in [5.41, 5.74) is -0.782. The molecule has 2 aromatic heterocycles. The summed E-state index contributed by atoms with van der Waals surface area (Å²) in [4.78, 5) is 8.59. The number of likely N-dealkylation sites (tertiary alicyclic amines) is 1. The van der Waals surface area contributed by atoms with Gasteiger partial charge in [0.1, 0.15) is 23.2 Å². The van der Waals surface area contributed by atoms with Gasteiger partial charge in [-0.15, -0.1) is 10.2 Å². The number of hydrogen-bond acceptors (Lipinski definition) is 4. The van der Waals surface area contributed by atoms with Gasteiger partial charge in [-0.05, 0) is 19.4 Å². The first kappa shape index (κ1) is 16.9. The van der Waals surface area contributed by atoms with Crippen molar-refractivity contribution in [1.82, 2.24) is 29.6 Å². The van der Waals surface area contributed by atoms with Crippen LogP contribution in [0.2, 0.25) is 0 Å². The molecule has 0 radical (unpaired) electrons. The molecule has 0 aliphatic carbocycles. The zero-order chi connectivity index (χ0) is 17.3. The van der Waals surface area contributed by atoms with Gasteiger partial charge in [-0.25, -0.2) is 4.98 Å². The van der Waals surface area contributed by atoms with Gasteiger partial charge in [-0.2, -0.15) is 13.2 Å². The number of piperidine rings is 1. The molecule has 1 saturated heterocycles. The molecule has 1 N–H and O–H groups in total. The van der Waals surface area contributed by atoms with E-state index in [1.54, 1.807) is 0 Å². The summed E-state index contributed by atoms with van der Waals surface area (Å²) in [7, 11) is 1.94. The third-order valence-corrected chi connectivity index (χ3v) is 4.53. The van der Waals surface area contributed by atoms with E-state index in [9.17, 15) is 13.2 Å². The van der Waals surface area contributed by atoms with E-state index < -0.39 is 11.9 Å². The molecule has 0 unspecified atom stereocenters. The molecule has 0 amide bonds. The molecule has 2 aromatic rings. The summed E-state index contributed by atoms with van der Waals surface area (Å²) in [5.74, 6) is 2.20. The molecule has 1 fully saturated rings. The fourth-order valence-corrected chi connectivity index (χ4v) is 3.15. The number of imidazole rings is 1. The van der Waals surface area contributed by atoms with E-state index in [0.717, 1.165) is 43.7 Å². The third-order valence-electron chi connectivity index (χ3n) is 4.53. The Hall–Kier alpha value is -1.90. The molecule has 132 valence electrons. The first-order valence-electron chi connectivity index (χ1n) is 8.10. The molecule has 9 heteroatoms. The molecule has 0 aromatic carbocycles. The van der Waals surface area contributed by atoms with Gasteiger partial charge < -0.3 is 9.55 Å². The van der Waals surface area contributed by atoms with Gasteiger partial charge in [0.15, 0.2) is 0 Å². The number of aryl methyl sites for hydroxylation is 1. The minimum Gasteiger partial charge on any atom is -0.338 e. The predicted molar refractivity (Wildman–Crippen MR) is 81.2 cm³/mol. The van der Waals surface area contributed by atoms with Crippen molar-refractivity contribution in [2.75, 3.05) is 13.1 Å². The highest BCUT2D eigenvalue weighted by atomic mass is 19.4. The van der Waals surface area contributed by atoms with Crippen LogP contribution < -0.4 is 0 Å². The molecule has 0 saturated carbocycles. The van der Waals surface area contributed by atoms with Crippen molar-refractivity contribution in [1.29, 1.82) is 0 Å². The number of H-pyrrole nitrogens is 1. The average molecular weight is 342 g/mol. The van der Waals surface area contributed by atoms with Crippen LogP contribution in [0.3, 0.4) is 0 Å². The Labute approximate surface area is 138 Å². The highest BCUT2D eigenvalue weighted by Crippen LogP contribution is 2.31. The lowest BCUT2D eigenvalue weighted by Crippen LogP contribution is -2.35. The molecule has 1 atom stereocenters. The van der Waals surface area contributed by atoms with Gasteiger partial charge in [-0.1, -0.05) is 6.92 Å². The number of nitrogens with zero attached hydrogens (tertiary/aromatic N) is 5. The van der Waals surface area contributed by atoms with Gasteiger partial charge in [-0.3, -0.25) is 4.90 Å². The van der Waals surface area contributed by atoms with E-state index in [0.29, 0.717) is 18.9 Å². The van der Waals surface area contributed by atoms with Crippen LogP contribution in [0.4, 0.5) is 13.2 Å². The smallest absolute Gasteiger partial charge is 0.338 e. The molecular formula is C15H21F3N6. The molecule has 3 heterocycles. The maximum Gasteiger partial charge on any atom is 0.432 e. The van der Waals surface area contributed by atoms with Crippen LogP contribution in [-0.4, -0.2) is 42.7 Å². The fraction of sp³-hybridized carbons (Fsp3) is 0.667. The second-order valence-corrected chi connectivity index (χ2v) is 6.20. The van der Waals surface area contributed by atoms with E-state index in [2.05, 4.69) is 25.1 Å². The Balaban J connectivity index is 1.68. The van der Waals surface area contributed by atoms with Crippen molar-refractivity contribution in [3.63, 3.8) is 0 Å². The Morgan fingerprint density at radius 2 is 2.04 bits per heavy atom. The Morgan fingerprint density at radius 1 is 1.29 bits per heavy atom.